The Morgan fingerprint density at radius 2 is 2.20 bits per heavy atom. The minimum atomic E-state index is -0.203. The molecule has 0 aliphatic carbocycles. The summed E-state index contributed by atoms with van der Waals surface area (Å²) in [5, 5.41) is 0.102. The highest BCUT2D eigenvalue weighted by Gasteiger charge is 2.31. The molecule has 4 nitrogen and oxygen atoms in total. The van der Waals surface area contributed by atoms with Gasteiger partial charge in [0.1, 0.15) is 5.15 Å². The Kier molecular flexibility index (Phi) is 3.00. The number of amides is 1. The lowest BCUT2D eigenvalue weighted by Crippen LogP contribution is -2.26. The van der Waals surface area contributed by atoms with Gasteiger partial charge in [0.25, 0.3) is 0 Å². The normalized spacial score (nSPS) is 21.1. The second kappa shape index (κ2) is 4.12. The molecule has 80 valence electrons. The summed E-state index contributed by atoms with van der Waals surface area (Å²) in [5.74, 6) is 0.211. The van der Waals surface area contributed by atoms with Crippen molar-refractivity contribution in [3.05, 3.63) is 16.5 Å². The molecule has 0 spiro atoms. The fourth-order valence-electron chi connectivity index (χ4n) is 1.39. The van der Waals surface area contributed by atoms with Crippen LogP contribution < -0.4 is 4.90 Å². The van der Waals surface area contributed by atoms with Crippen molar-refractivity contribution >= 4 is 46.5 Å². The van der Waals surface area contributed by atoms with E-state index < -0.39 is 0 Å². The van der Waals surface area contributed by atoms with E-state index in [1.54, 1.807) is 0 Å². The predicted molar refractivity (Wildman–Crippen MR) is 58.7 cm³/mol. The van der Waals surface area contributed by atoms with Crippen LogP contribution >= 0.6 is 34.8 Å². The van der Waals surface area contributed by atoms with Gasteiger partial charge in [0.15, 0.2) is 11.0 Å². The molecule has 1 aliphatic rings. The average Bonchev–Trinajstić information content (AvgIpc) is 2.45. The van der Waals surface area contributed by atoms with Crippen molar-refractivity contribution in [3.63, 3.8) is 0 Å². The van der Waals surface area contributed by atoms with Crippen LogP contribution in [0.1, 0.15) is 6.42 Å². The summed E-state index contributed by atoms with van der Waals surface area (Å²) in [6.45, 7) is 0.399. The predicted octanol–water partition coefficient (Wildman–Crippen LogP) is 2.13. The molecule has 0 aromatic carbocycles. The van der Waals surface area contributed by atoms with E-state index in [2.05, 4.69) is 9.97 Å². The van der Waals surface area contributed by atoms with Crippen molar-refractivity contribution in [2.24, 2.45) is 0 Å². The molecule has 0 N–H and O–H groups in total. The van der Waals surface area contributed by atoms with Gasteiger partial charge in [-0.1, -0.05) is 23.2 Å². The Morgan fingerprint density at radius 3 is 2.73 bits per heavy atom. The zero-order chi connectivity index (χ0) is 11.0. The SMILES string of the molecule is O=C1CC(Cl)CN1c1ncc(Cl)nc1Cl. The quantitative estimate of drug-likeness (QED) is 0.732. The van der Waals surface area contributed by atoms with Crippen LogP contribution in [-0.4, -0.2) is 27.8 Å². The Labute approximate surface area is 101 Å². The minimum Gasteiger partial charge on any atom is -0.293 e. The van der Waals surface area contributed by atoms with E-state index in [9.17, 15) is 4.79 Å². The third kappa shape index (κ3) is 2.17. The number of hydrogen-bond donors (Lipinski definition) is 0. The molecule has 1 aliphatic heterocycles. The zero-order valence-electron chi connectivity index (χ0n) is 7.45. The molecule has 1 fully saturated rings. The smallest absolute Gasteiger partial charge is 0.229 e. The molecule has 2 heterocycles. The van der Waals surface area contributed by atoms with E-state index in [1.807, 2.05) is 0 Å². The van der Waals surface area contributed by atoms with Gasteiger partial charge in [-0.15, -0.1) is 11.6 Å². The lowest BCUT2D eigenvalue weighted by atomic mass is 10.4. The molecule has 1 aromatic rings. The van der Waals surface area contributed by atoms with Crippen molar-refractivity contribution in [3.8, 4) is 0 Å². The first kappa shape index (κ1) is 10.9. The van der Waals surface area contributed by atoms with Gasteiger partial charge in [0.2, 0.25) is 5.91 Å². The molecule has 1 unspecified atom stereocenters. The van der Waals surface area contributed by atoms with Crippen LogP contribution in [0.15, 0.2) is 6.20 Å². The number of carbonyl (C=O) groups is 1. The van der Waals surface area contributed by atoms with Gasteiger partial charge in [-0.3, -0.25) is 9.69 Å². The number of rotatable bonds is 1. The van der Waals surface area contributed by atoms with Crippen molar-refractivity contribution in [1.29, 1.82) is 0 Å². The van der Waals surface area contributed by atoms with Crippen molar-refractivity contribution in [2.75, 3.05) is 11.4 Å². The molecule has 7 heteroatoms. The fraction of sp³-hybridized carbons (Fsp3) is 0.375. The van der Waals surface area contributed by atoms with Crippen LogP contribution in [0.3, 0.4) is 0 Å². The van der Waals surface area contributed by atoms with E-state index in [4.69, 9.17) is 34.8 Å². The molecule has 2 rings (SSSR count). The molecular weight excluding hydrogens is 260 g/mol. The Bertz CT molecular complexity index is 412. The third-order valence-corrected chi connectivity index (χ3v) is 2.74. The monoisotopic (exact) mass is 265 g/mol. The molecule has 1 amide bonds. The highest BCUT2D eigenvalue weighted by molar-refractivity contribution is 6.34. The van der Waals surface area contributed by atoms with Crippen LogP contribution in [0, 0.1) is 0 Å². The maximum atomic E-state index is 11.5. The van der Waals surface area contributed by atoms with Gasteiger partial charge < -0.3 is 0 Å². The average molecular weight is 267 g/mol. The fourth-order valence-corrected chi connectivity index (χ4v) is 2.08. The molecule has 15 heavy (non-hydrogen) atoms. The highest BCUT2D eigenvalue weighted by atomic mass is 35.5. The second-order valence-corrected chi connectivity index (χ2v) is 4.48. The molecule has 0 radical (unpaired) electrons. The first-order chi connectivity index (χ1) is 7.08. The summed E-state index contributed by atoms with van der Waals surface area (Å²) in [6, 6.07) is 0. The summed E-state index contributed by atoms with van der Waals surface area (Å²) in [5.41, 5.74) is 0. The van der Waals surface area contributed by atoms with Crippen molar-refractivity contribution in [2.45, 2.75) is 11.8 Å². The Hall–Kier alpha value is -0.580. The highest BCUT2D eigenvalue weighted by Crippen LogP contribution is 2.28. The zero-order valence-corrected chi connectivity index (χ0v) is 9.72. The van der Waals surface area contributed by atoms with Crippen LogP contribution in [0.25, 0.3) is 0 Å². The standard InChI is InChI=1S/C8H6Cl3N3O/c9-4-1-6(15)14(3-4)8-7(11)13-5(10)2-12-8/h2,4H,1,3H2. The van der Waals surface area contributed by atoms with E-state index in [-0.39, 0.29) is 21.6 Å². The van der Waals surface area contributed by atoms with Gasteiger partial charge in [0.05, 0.1) is 11.6 Å². The van der Waals surface area contributed by atoms with Gasteiger partial charge in [-0.2, -0.15) is 0 Å². The summed E-state index contributed by atoms with van der Waals surface area (Å²) in [6.07, 6.45) is 1.64. The number of anilines is 1. The number of alkyl halides is 1. The topological polar surface area (TPSA) is 46.1 Å². The van der Waals surface area contributed by atoms with Crippen LogP contribution in [0.2, 0.25) is 10.3 Å². The number of aromatic nitrogens is 2. The van der Waals surface area contributed by atoms with Gasteiger partial charge >= 0.3 is 0 Å². The summed E-state index contributed by atoms with van der Waals surface area (Å²) < 4.78 is 0. The van der Waals surface area contributed by atoms with E-state index >= 15 is 0 Å². The van der Waals surface area contributed by atoms with Crippen LogP contribution in [0.5, 0.6) is 0 Å². The first-order valence-corrected chi connectivity index (χ1v) is 5.39. The molecule has 1 saturated heterocycles. The van der Waals surface area contributed by atoms with Crippen molar-refractivity contribution < 1.29 is 4.79 Å². The molecule has 1 aromatic heterocycles. The lowest BCUT2D eigenvalue weighted by molar-refractivity contribution is -0.117. The van der Waals surface area contributed by atoms with Crippen LogP contribution in [-0.2, 0) is 4.79 Å². The van der Waals surface area contributed by atoms with E-state index in [0.29, 0.717) is 18.8 Å². The van der Waals surface area contributed by atoms with Crippen LogP contribution in [0.4, 0.5) is 5.82 Å². The third-order valence-electron chi connectivity index (χ3n) is 2.02. The maximum absolute atomic E-state index is 11.5. The Morgan fingerprint density at radius 1 is 1.47 bits per heavy atom. The molecular formula is C8H6Cl3N3O. The molecule has 0 saturated carbocycles. The molecule has 0 bridgehead atoms. The van der Waals surface area contributed by atoms with Gasteiger partial charge in [0, 0.05) is 13.0 Å². The van der Waals surface area contributed by atoms with Gasteiger partial charge in [-0.05, 0) is 0 Å². The number of nitrogens with zero attached hydrogens (tertiary/aromatic N) is 3. The first-order valence-electron chi connectivity index (χ1n) is 4.20. The maximum Gasteiger partial charge on any atom is 0.229 e. The molecule has 1 atom stereocenters. The second-order valence-electron chi connectivity index (χ2n) is 3.11. The van der Waals surface area contributed by atoms with Crippen molar-refractivity contribution in [1.82, 2.24) is 9.97 Å². The van der Waals surface area contributed by atoms with E-state index in [1.165, 1.54) is 11.1 Å². The van der Waals surface area contributed by atoms with Gasteiger partial charge in [-0.25, -0.2) is 9.97 Å². The lowest BCUT2D eigenvalue weighted by Gasteiger charge is -2.14. The van der Waals surface area contributed by atoms with E-state index in [0.717, 1.165) is 0 Å². The summed E-state index contributed by atoms with van der Waals surface area (Å²) >= 11 is 17.3. The largest absolute Gasteiger partial charge is 0.293 e. The summed E-state index contributed by atoms with van der Waals surface area (Å²) in [7, 11) is 0. The number of carbonyl (C=O) groups excluding carboxylic acids is 1. The number of hydrogen-bond acceptors (Lipinski definition) is 3. The number of halogens is 3. The summed E-state index contributed by atoms with van der Waals surface area (Å²) in [4.78, 5) is 20.7. The Balaban J connectivity index is 2.34. The minimum absolute atomic E-state index is 0.103.